The summed E-state index contributed by atoms with van der Waals surface area (Å²) in [5, 5.41) is 17.7. The maximum atomic E-state index is 6.25. The Labute approximate surface area is 161 Å². The zero-order chi connectivity index (χ0) is 18.6. The Hall–Kier alpha value is -3.12. The molecule has 7 heteroatoms. The predicted octanol–water partition coefficient (Wildman–Crippen LogP) is 4.21. The molecule has 1 N–H and O–H groups in total. The second-order valence-corrected chi connectivity index (χ2v) is 6.53. The first-order valence-electron chi connectivity index (χ1n) is 8.55. The summed E-state index contributed by atoms with van der Waals surface area (Å²) < 4.78 is 7.72. The molecule has 0 unspecified atom stereocenters. The first-order chi connectivity index (χ1) is 13.2. The molecule has 1 heterocycles. The van der Waals surface area contributed by atoms with E-state index in [1.165, 1.54) is 0 Å². The minimum Gasteiger partial charge on any atom is -0.488 e. The fraction of sp³-hybridized carbons (Fsp3) is 0.150. The van der Waals surface area contributed by atoms with Crippen molar-refractivity contribution in [1.29, 1.82) is 0 Å². The van der Waals surface area contributed by atoms with E-state index in [2.05, 4.69) is 39.0 Å². The van der Waals surface area contributed by atoms with Crippen molar-refractivity contribution in [1.82, 2.24) is 20.2 Å². The average molecular weight is 380 g/mol. The first kappa shape index (κ1) is 17.3. The largest absolute Gasteiger partial charge is 0.488 e. The van der Waals surface area contributed by atoms with Gasteiger partial charge in [-0.3, -0.25) is 0 Å². The van der Waals surface area contributed by atoms with Crippen LogP contribution in [0.2, 0.25) is 5.02 Å². The number of nitrogens with one attached hydrogen (secondary N) is 1. The number of hydrogen-bond donors (Lipinski definition) is 1. The Morgan fingerprint density at radius 2 is 1.85 bits per heavy atom. The monoisotopic (exact) mass is 379 g/mol. The fourth-order valence-electron chi connectivity index (χ4n) is 2.95. The van der Waals surface area contributed by atoms with Gasteiger partial charge in [-0.1, -0.05) is 65.2 Å². The number of hydrogen-bond acceptors (Lipinski definition) is 5. The number of ether oxygens (including phenoxy) is 1. The van der Waals surface area contributed by atoms with Gasteiger partial charge in [-0.25, -0.2) is 4.68 Å². The Morgan fingerprint density at radius 3 is 2.67 bits per heavy atom. The van der Waals surface area contributed by atoms with Crippen LogP contribution in [0.3, 0.4) is 0 Å². The van der Waals surface area contributed by atoms with E-state index in [4.69, 9.17) is 16.3 Å². The van der Waals surface area contributed by atoms with Gasteiger partial charge in [0.1, 0.15) is 12.4 Å². The summed E-state index contributed by atoms with van der Waals surface area (Å²) in [6.07, 6.45) is 0. The third kappa shape index (κ3) is 3.71. The maximum absolute atomic E-state index is 6.25. The van der Waals surface area contributed by atoms with Gasteiger partial charge in [0.15, 0.2) is 0 Å². The van der Waals surface area contributed by atoms with Crippen molar-refractivity contribution in [3.8, 4) is 5.75 Å². The van der Waals surface area contributed by atoms with Crippen LogP contribution in [-0.2, 0) is 20.2 Å². The lowest BCUT2D eigenvalue weighted by atomic mass is 10.0. The molecule has 0 saturated carbocycles. The molecular weight excluding hydrogens is 362 g/mol. The summed E-state index contributed by atoms with van der Waals surface area (Å²) in [4.78, 5) is 0. The highest BCUT2D eigenvalue weighted by molar-refractivity contribution is 6.31. The third-order valence-corrected chi connectivity index (χ3v) is 4.75. The van der Waals surface area contributed by atoms with Crippen LogP contribution in [0.1, 0.15) is 11.1 Å². The van der Waals surface area contributed by atoms with E-state index in [-0.39, 0.29) is 0 Å². The molecule has 0 radical (unpaired) electrons. The van der Waals surface area contributed by atoms with Gasteiger partial charge in [0.25, 0.3) is 0 Å². The lowest BCUT2D eigenvalue weighted by molar-refractivity contribution is 0.304. The lowest BCUT2D eigenvalue weighted by Crippen LogP contribution is -2.08. The molecule has 1 aromatic heterocycles. The first-order valence-corrected chi connectivity index (χ1v) is 8.93. The van der Waals surface area contributed by atoms with Crippen molar-refractivity contribution < 1.29 is 4.74 Å². The quantitative estimate of drug-likeness (QED) is 0.543. The molecular formula is C20H18ClN5O. The van der Waals surface area contributed by atoms with Crippen LogP contribution in [0.25, 0.3) is 10.8 Å². The smallest absolute Gasteiger partial charge is 0.242 e. The zero-order valence-electron chi connectivity index (χ0n) is 14.8. The Bertz CT molecular complexity index is 1080. The van der Waals surface area contributed by atoms with Crippen LogP contribution < -0.4 is 10.1 Å². The standard InChI is InChI=1S/C20H18ClN5O/c1-26-20(23-24-25-26)22-12-17-16-8-4-2-6-14(16)10-11-19(17)27-13-15-7-3-5-9-18(15)21/h2-11H,12-13H2,1H3,(H,22,23,25). The van der Waals surface area contributed by atoms with Gasteiger partial charge in [-0.05, 0) is 33.3 Å². The Morgan fingerprint density at radius 1 is 1.04 bits per heavy atom. The summed E-state index contributed by atoms with van der Waals surface area (Å²) in [6.45, 7) is 0.934. The second kappa shape index (κ2) is 7.63. The summed E-state index contributed by atoms with van der Waals surface area (Å²) in [5.41, 5.74) is 1.99. The molecule has 0 spiro atoms. The number of halogens is 1. The minimum absolute atomic E-state index is 0.399. The molecule has 27 heavy (non-hydrogen) atoms. The van der Waals surface area contributed by atoms with Crippen LogP contribution in [0.5, 0.6) is 5.75 Å². The molecule has 0 aliphatic rings. The number of benzene rings is 3. The lowest BCUT2D eigenvalue weighted by Gasteiger charge is -2.15. The predicted molar refractivity (Wildman–Crippen MR) is 106 cm³/mol. The van der Waals surface area contributed by atoms with E-state index >= 15 is 0 Å². The second-order valence-electron chi connectivity index (χ2n) is 6.12. The van der Waals surface area contributed by atoms with E-state index in [1.807, 2.05) is 42.5 Å². The topological polar surface area (TPSA) is 64.9 Å². The van der Waals surface area contributed by atoms with Crippen LogP contribution in [0, 0.1) is 0 Å². The number of tetrazole rings is 1. The molecule has 0 aliphatic heterocycles. The van der Waals surface area contributed by atoms with Crippen molar-refractivity contribution in [3.63, 3.8) is 0 Å². The van der Waals surface area contributed by atoms with Crippen molar-refractivity contribution >= 4 is 28.3 Å². The average Bonchev–Trinajstić information content (AvgIpc) is 3.10. The number of aryl methyl sites for hydroxylation is 1. The van der Waals surface area contributed by atoms with Gasteiger partial charge < -0.3 is 10.1 Å². The number of aromatic nitrogens is 4. The van der Waals surface area contributed by atoms with E-state index in [1.54, 1.807) is 11.7 Å². The van der Waals surface area contributed by atoms with Crippen molar-refractivity contribution in [2.75, 3.05) is 5.32 Å². The highest BCUT2D eigenvalue weighted by Gasteiger charge is 2.11. The summed E-state index contributed by atoms with van der Waals surface area (Å²) in [6, 6.07) is 20.0. The van der Waals surface area contributed by atoms with E-state index < -0.39 is 0 Å². The summed E-state index contributed by atoms with van der Waals surface area (Å²) in [7, 11) is 1.79. The Kier molecular flexibility index (Phi) is 4.89. The van der Waals surface area contributed by atoms with Crippen molar-refractivity contribution in [3.05, 3.63) is 76.8 Å². The van der Waals surface area contributed by atoms with Crippen LogP contribution >= 0.6 is 11.6 Å². The number of rotatable bonds is 6. The van der Waals surface area contributed by atoms with E-state index in [0.717, 1.165) is 27.6 Å². The van der Waals surface area contributed by atoms with Gasteiger partial charge in [-0.15, -0.1) is 0 Å². The van der Waals surface area contributed by atoms with Gasteiger partial charge in [0.2, 0.25) is 5.95 Å². The molecule has 0 amide bonds. The number of anilines is 1. The molecule has 0 aliphatic carbocycles. The molecule has 6 nitrogen and oxygen atoms in total. The maximum Gasteiger partial charge on any atom is 0.242 e. The van der Waals surface area contributed by atoms with Gasteiger partial charge in [0.05, 0.1) is 0 Å². The minimum atomic E-state index is 0.399. The normalized spacial score (nSPS) is 10.9. The zero-order valence-corrected chi connectivity index (χ0v) is 15.5. The third-order valence-electron chi connectivity index (χ3n) is 4.38. The van der Waals surface area contributed by atoms with Gasteiger partial charge >= 0.3 is 0 Å². The number of fused-ring (bicyclic) bond motifs is 1. The molecule has 0 saturated heterocycles. The Balaban J connectivity index is 1.64. The summed E-state index contributed by atoms with van der Waals surface area (Å²) in [5.74, 6) is 1.40. The molecule has 136 valence electrons. The summed E-state index contributed by atoms with van der Waals surface area (Å²) >= 11 is 6.25. The fourth-order valence-corrected chi connectivity index (χ4v) is 3.14. The van der Waals surface area contributed by atoms with Crippen LogP contribution in [0.15, 0.2) is 60.7 Å². The van der Waals surface area contributed by atoms with Crippen LogP contribution in [0.4, 0.5) is 5.95 Å². The highest BCUT2D eigenvalue weighted by atomic mass is 35.5. The van der Waals surface area contributed by atoms with Gasteiger partial charge in [-0.2, -0.15) is 0 Å². The SMILES string of the molecule is Cn1nnnc1NCc1c(OCc2ccccc2Cl)ccc2ccccc12. The molecule has 4 aromatic rings. The van der Waals surface area contributed by atoms with Crippen molar-refractivity contribution in [2.24, 2.45) is 7.05 Å². The highest BCUT2D eigenvalue weighted by Crippen LogP contribution is 2.30. The van der Waals surface area contributed by atoms with Crippen LogP contribution in [-0.4, -0.2) is 20.2 Å². The van der Waals surface area contributed by atoms with E-state index in [9.17, 15) is 0 Å². The molecule has 0 fully saturated rings. The van der Waals surface area contributed by atoms with Gasteiger partial charge in [0, 0.05) is 29.7 Å². The van der Waals surface area contributed by atoms with E-state index in [0.29, 0.717) is 24.1 Å². The molecule has 0 bridgehead atoms. The van der Waals surface area contributed by atoms with Crippen molar-refractivity contribution in [2.45, 2.75) is 13.2 Å². The molecule has 0 atom stereocenters. The number of nitrogens with zero attached hydrogens (tertiary/aromatic N) is 4. The molecule has 4 rings (SSSR count). The molecule has 3 aromatic carbocycles.